The molecular formula is C25H29NO6S. The molecule has 0 aliphatic carbocycles. The van der Waals surface area contributed by atoms with Crippen molar-refractivity contribution < 1.29 is 27.4 Å². The van der Waals surface area contributed by atoms with Crippen LogP contribution in [0.2, 0.25) is 0 Å². The third-order valence-corrected chi connectivity index (χ3v) is 6.18. The van der Waals surface area contributed by atoms with E-state index >= 15 is 0 Å². The Labute approximate surface area is 195 Å². The molecule has 0 amide bonds. The molecule has 176 valence electrons. The van der Waals surface area contributed by atoms with Crippen LogP contribution in [0.5, 0.6) is 17.2 Å². The lowest BCUT2D eigenvalue weighted by Gasteiger charge is -2.13. The molecule has 0 saturated heterocycles. The van der Waals surface area contributed by atoms with Crippen LogP contribution >= 0.6 is 0 Å². The Bertz CT molecular complexity index is 1100. The van der Waals surface area contributed by atoms with Gasteiger partial charge in [-0.3, -0.25) is 0 Å². The Morgan fingerprint density at radius 2 is 1.58 bits per heavy atom. The number of nitrogens with one attached hydrogen (secondary N) is 1. The van der Waals surface area contributed by atoms with Gasteiger partial charge in [-0.2, -0.15) is 0 Å². The van der Waals surface area contributed by atoms with Crippen molar-refractivity contribution in [3.63, 3.8) is 0 Å². The van der Waals surface area contributed by atoms with Crippen LogP contribution in [0.3, 0.4) is 0 Å². The highest BCUT2D eigenvalue weighted by molar-refractivity contribution is 7.89. The molecule has 3 rings (SSSR count). The summed E-state index contributed by atoms with van der Waals surface area (Å²) in [4.78, 5) is 0.162. The van der Waals surface area contributed by atoms with E-state index in [0.717, 1.165) is 11.1 Å². The summed E-state index contributed by atoms with van der Waals surface area (Å²) in [6.07, 6.45) is 0. The monoisotopic (exact) mass is 471 g/mol. The minimum Gasteiger partial charge on any atom is -0.493 e. The number of sulfonamides is 1. The maximum Gasteiger partial charge on any atom is 0.240 e. The highest BCUT2D eigenvalue weighted by Gasteiger charge is 2.15. The van der Waals surface area contributed by atoms with Crippen LogP contribution in [-0.4, -0.2) is 35.3 Å². The van der Waals surface area contributed by atoms with Crippen molar-refractivity contribution in [1.82, 2.24) is 4.72 Å². The van der Waals surface area contributed by atoms with Crippen molar-refractivity contribution in [1.29, 1.82) is 0 Å². The second kappa shape index (κ2) is 12.2. The van der Waals surface area contributed by atoms with Crippen LogP contribution in [0.25, 0.3) is 0 Å². The first-order valence-electron chi connectivity index (χ1n) is 10.7. The summed E-state index contributed by atoms with van der Waals surface area (Å²) in [5, 5.41) is 0. The Hall–Kier alpha value is -3.07. The predicted octanol–water partition coefficient (Wildman–Crippen LogP) is 4.17. The number of hydrogen-bond acceptors (Lipinski definition) is 6. The predicted molar refractivity (Wildman–Crippen MR) is 126 cm³/mol. The number of rotatable bonds is 13. The van der Waals surface area contributed by atoms with E-state index < -0.39 is 10.0 Å². The number of methoxy groups -OCH3 is 1. The van der Waals surface area contributed by atoms with Crippen LogP contribution in [-0.2, 0) is 27.9 Å². The summed E-state index contributed by atoms with van der Waals surface area (Å²) in [5.41, 5.74) is 1.79. The van der Waals surface area contributed by atoms with Gasteiger partial charge in [0.05, 0.1) is 18.6 Å². The molecular weight excluding hydrogens is 442 g/mol. The lowest BCUT2D eigenvalue weighted by Crippen LogP contribution is -2.23. The highest BCUT2D eigenvalue weighted by atomic mass is 32.2. The maximum atomic E-state index is 12.7. The first kappa shape index (κ1) is 24.6. The lowest BCUT2D eigenvalue weighted by atomic mass is 10.2. The minimum absolute atomic E-state index is 0.115. The summed E-state index contributed by atoms with van der Waals surface area (Å²) >= 11 is 0. The zero-order valence-corrected chi connectivity index (χ0v) is 19.6. The average molecular weight is 472 g/mol. The van der Waals surface area contributed by atoms with Crippen LogP contribution in [0.15, 0.2) is 77.7 Å². The number of ether oxygens (including phenoxy) is 4. The molecule has 0 aliphatic rings. The molecule has 1 N–H and O–H groups in total. The number of benzene rings is 3. The molecule has 0 heterocycles. The van der Waals surface area contributed by atoms with Crippen molar-refractivity contribution in [2.75, 3.05) is 26.9 Å². The second-order valence-corrected chi connectivity index (χ2v) is 8.87. The van der Waals surface area contributed by atoms with Crippen LogP contribution < -0.4 is 18.9 Å². The summed E-state index contributed by atoms with van der Waals surface area (Å²) in [6.45, 7) is 3.96. The normalized spacial score (nSPS) is 11.2. The van der Waals surface area contributed by atoms with E-state index in [0.29, 0.717) is 43.7 Å². The zero-order valence-electron chi connectivity index (χ0n) is 18.8. The van der Waals surface area contributed by atoms with E-state index in [1.165, 1.54) is 12.1 Å². The SMILES string of the molecule is CCOCCOc1ccc(S(=O)(=O)NCc2ccc(OCc3ccccc3)c(OC)c2)cc1. The van der Waals surface area contributed by atoms with Crippen LogP contribution in [0.1, 0.15) is 18.1 Å². The quantitative estimate of drug-likeness (QED) is 0.377. The van der Waals surface area contributed by atoms with Crippen LogP contribution in [0, 0.1) is 0 Å². The maximum absolute atomic E-state index is 12.7. The smallest absolute Gasteiger partial charge is 0.240 e. The van der Waals surface area contributed by atoms with E-state index in [-0.39, 0.29) is 11.4 Å². The van der Waals surface area contributed by atoms with Gasteiger partial charge < -0.3 is 18.9 Å². The summed E-state index contributed by atoms with van der Waals surface area (Å²) in [5.74, 6) is 1.72. The molecule has 0 fully saturated rings. The van der Waals surface area contributed by atoms with Crippen LogP contribution in [0.4, 0.5) is 0 Å². The van der Waals surface area contributed by atoms with Crippen molar-refractivity contribution in [3.05, 3.63) is 83.9 Å². The molecule has 3 aromatic rings. The van der Waals surface area contributed by atoms with Crippen molar-refractivity contribution in [3.8, 4) is 17.2 Å². The van der Waals surface area contributed by atoms with Gasteiger partial charge >= 0.3 is 0 Å². The fourth-order valence-corrected chi connectivity index (χ4v) is 4.03. The van der Waals surface area contributed by atoms with Crippen molar-refractivity contribution in [2.45, 2.75) is 25.0 Å². The molecule has 3 aromatic carbocycles. The van der Waals surface area contributed by atoms with Gasteiger partial charge in [0, 0.05) is 13.2 Å². The van der Waals surface area contributed by atoms with Gasteiger partial charge in [0.1, 0.15) is 19.0 Å². The first-order chi connectivity index (χ1) is 16.0. The Morgan fingerprint density at radius 3 is 2.27 bits per heavy atom. The molecule has 0 atom stereocenters. The summed E-state index contributed by atoms with van der Waals surface area (Å²) in [7, 11) is -2.13. The molecule has 0 saturated carbocycles. The molecule has 0 aromatic heterocycles. The molecule has 0 bridgehead atoms. The topological polar surface area (TPSA) is 83.1 Å². The molecule has 8 heteroatoms. The van der Waals surface area contributed by atoms with Gasteiger partial charge in [0.15, 0.2) is 11.5 Å². The van der Waals surface area contributed by atoms with Gasteiger partial charge in [-0.05, 0) is 54.4 Å². The lowest BCUT2D eigenvalue weighted by molar-refractivity contribution is 0.110. The highest BCUT2D eigenvalue weighted by Crippen LogP contribution is 2.29. The second-order valence-electron chi connectivity index (χ2n) is 7.10. The van der Waals surface area contributed by atoms with E-state index in [1.807, 2.05) is 37.3 Å². The number of hydrogen-bond donors (Lipinski definition) is 1. The molecule has 7 nitrogen and oxygen atoms in total. The van der Waals surface area contributed by atoms with Crippen molar-refractivity contribution in [2.24, 2.45) is 0 Å². The van der Waals surface area contributed by atoms with E-state index in [9.17, 15) is 8.42 Å². The largest absolute Gasteiger partial charge is 0.493 e. The third-order valence-electron chi connectivity index (χ3n) is 4.77. The van der Waals surface area contributed by atoms with Gasteiger partial charge in [-0.15, -0.1) is 0 Å². The average Bonchev–Trinajstić information content (AvgIpc) is 2.85. The Kier molecular flexibility index (Phi) is 9.12. The van der Waals surface area contributed by atoms with Gasteiger partial charge in [0.25, 0.3) is 0 Å². The van der Waals surface area contributed by atoms with Crippen molar-refractivity contribution >= 4 is 10.0 Å². The molecule has 0 radical (unpaired) electrons. The van der Waals surface area contributed by atoms with E-state index in [2.05, 4.69) is 4.72 Å². The molecule has 33 heavy (non-hydrogen) atoms. The molecule has 0 unspecified atom stereocenters. The fraction of sp³-hybridized carbons (Fsp3) is 0.280. The van der Waals surface area contributed by atoms with Gasteiger partial charge in [0.2, 0.25) is 10.0 Å². The van der Waals surface area contributed by atoms with E-state index in [1.54, 1.807) is 37.4 Å². The summed E-state index contributed by atoms with van der Waals surface area (Å²) in [6, 6.07) is 21.4. The first-order valence-corrected chi connectivity index (χ1v) is 12.1. The molecule has 0 spiro atoms. The van der Waals surface area contributed by atoms with Gasteiger partial charge in [-0.25, -0.2) is 13.1 Å². The zero-order chi connectivity index (χ0) is 23.5. The molecule has 0 aliphatic heterocycles. The Morgan fingerprint density at radius 1 is 0.818 bits per heavy atom. The Balaban J connectivity index is 1.57. The minimum atomic E-state index is -3.68. The van der Waals surface area contributed by atoms with Gasteiger partial charge in [-0.1, -0.05) is 36.4 Å². The standard InChI is InChI=1S/C25H29NO6S/c1-3-30-15-16-31-22-10-12-23(13-11-22)33(27,28)26-18-21-9-14-24(25(17-21)29-2)32-19-20-7-5-4-6-8-20/h4-14,17,26H,3,15-16,18-19H2,1-2H3. The van der Waals surface area contributed by atoms with E-state index in [4.69, 9.17) is 18.9 Å². The third kappa shape index (κ3) is 7.49. The fourth-order valence-electron chi connectivity index (χ4n) is 3.02. The summed E-state index contributed by atoms with van der Waals surface area (Å²) < 4.78 is 50.0.